The zero-order valence-corrected chi connectivity index (χ0v) is 10.7. The molecule has 0 aliphatic heterocycles. The van der Waals surface area contributed by atoms with Gasteiger partial charge >= 0.3 is 0 Å². The summed E-state index contributed by atoms with van der Waals surface area (Å²) in [4.78, 5) is 2.44. The first kappa shape index (κ1) is 12.4. The van der Waals surface area contributed by atoms with E-state index in [0.717, 1.165) is 12.5 Å². The van der Waals surface area contributed by atoms with Gasteiger partial charge in [0.25, 0.3) is 0 Å². The summed E-state index contributed by atoms with van der Waals surface area (Å²) in [5.41, 5.74) is 0.293. The van der Waals surface area contributed by atoms with Crippen LogP contribution in [0.25, 0.3) is 0 Å². The molecule has 0 saturated heterocycles. The van der Waals surface area contributed by atoms with E-state index in [2.05, 4.69) is 11.9 Å². The predicted octanol–water partition coefficient (Wildman–Crippen LogP) is 2.66. The molecule has 2 aliphatic rings. The third kappa shape index (κ3) is 3.46. The first-order chi connectivity index (χ1) is 7.74. The van der Waals surface area contributed by atoms with Crippen LogP contribution in [0.1, 0.15) is 51.4 Å². The van der Waals surface area contributed by atoms with Crippen LogP contribution < -0.4 is 0 Å². The lowest BCUT2D eigenvalue weighted by Crippen LogP contribution is -2.30. The van der Waals surface area contributed by atoms with Gasteiger partial charge in [0.1, 0.15) is 0 Å². The number of hydrogen-bond donors (Lipinski definition) is 1. The minimum absolute atomic E-state index is 0.293. The normalized spacial score (nSPS) is 24.9. The van der Waals surface area contributed by atoms with E-state index in [9.17, 15) is 5.11 Å². The van der Waals surface area contributed by atoms with Gasteiger partial charge in [-0.3, -0.25) is 0 Å². The number of hydrogen-bond acceptors (Lipinski definition) is 2. The third-order valence-corrected chi connectivity index (χ3v) is 4.54. The number of aliphatic hydroxyl groups is 1. The highest BCUT2D eigenvalue weighted by atomic mass is 16.3. The Bertz CT molecular complexity index is 207. The molecule has 0 bridgehead atoms. The fourth-order valence-electron chi connectivity index (χ4n) is 3.07. The maximum absolute atomic E-state index is 9.30. The second-order valence-electron chi connectivity index (χ2n) is 6.19. The van der Waals surface area contributed by atoms with Crippen LogP contribution >= 0.6 is 0 Å². The topological polar surface area (TPSA) is 23.5 Å². The highest BCUT2D eigenvalue weighted by molar-refractivity contribution is 4.94. The summed E-state index contributed by atoms with van der Waals surface area (Å²) in [5.74, 6) is 0.987. The van der Waals surface area contributed by atoms with Crippen LogP contribution in [-0.2, 0) is 0 Å². The Morgan fingerprint density at radius 1 is 1.19 bits per heavy atom. The largest absolute Gasteiger partial charge is 0.396 e. The quantitative estimate of drug-likeness (QED) is 0.751. The number of rotatable bonds is 6. The van der Waals surface area contributed by atoms with Crippen molar-refractivity contribution in [1.82, 2.24) is 4.90 Å². The van der Waals surface area contributed by atoms with E-state index >= 15 is 0 Å². The molecule has 0 atom stereocenters. The van der Waals surface area contributed by atoms with Crippen molar-refractivity contribution in [2.24, 2.45) is 11.3 Å². The third-order valence-electron chi connectivity index (χ3n) is 4.54. The van der Waals surface area contributed by atoms with Crippen LogP contribution in [0.3, 0.4) is 0 Å². The summed E-state index contributed by atoms with van der Waals surface area (Å²) < 4.78 is 0. The van der Waals surface area contributed by atoms with Crippen molar-refractivity contribution in [1.29, 1.82) is 0 Å². The molecule has 2 fully saturated rings. The maximum atomic E-state index is 9.30. The van der Waals surface area contributed by atoms with Gasteiger partial charge in [0, 0.05) is 18.6 Å². The highest BCUT2D eigenvalue weighted by Crippen LogP contribution is 2.45. The summed E-state index contributed by atoms with van der Waals surface area (Å²) in [6, 6.07) is 0. The summed E-state index contributed by atoms with van der Waals surface area (Å²) in [6.07, 6.45) is 11.1. The zero-order chi connectivity index (χ0) is 11.4. The average molecular weight is 225 g/mol. The summed E-state index contributed by atoms with van der Waals surface area (Å²) in [5, 5.41) is 9.30. The molecule has 0 radical (unpaired) electrons. The van der Waals surface area contributed by atoms with Crippen LogP contribution in [0.2, 0.25) is 0 Å². The minimum Gasteiger partial charge on any atom is -0.396 e. The lowest BCUT2D eigenvalue weighted by Gasteiger charge is -2.26. The Morgan fingerprint density at radius 2 is 1.88 bits per heavy atom. The van der Waals surface area contributed by atoms with E-state index < -0.39 is 0 Å². The lowest BCUT2D eigenvalue weighted by molar-refractivity contribution is 0.157. The molecule has 94 valence electrons. The van der Waals surface area contributed by atoms with E-state index in [0.29, 0.717) is 12.0 Å². The van der Waals surface area contributed by atoms with Crippen LogP contribution in [0.4, 0.5) is 0 Å². The monoisotopic (exact) mass is 225 g/mol. The van der Waals surface area contributed by atoms with E-state index in [1.807, 2.05) is 0 Å². The van der Waals surface area contributed by atoms with Crippen LogP contribution in [0, 0.1) is 11.3 Å². The second kappa shape index (κ2) is 5.50. The summed E-state index contributed by atoms with van der Waals surface area (Å²) >= 11 is 0. The molecule has 0 spiro atoms. The second-order valence-corrected chi connectivity index (χ2v) is 6.19. The molecule has 2 nitrogen and oxygen atoms in total. The molecule has 2 aliphatic carbocycles. The summed E-state index contributed by atoms with van der Waals surface area (Å²) in [7, 11) is 2.22. The van der Waals surface area contributed by atoms with Crippen LogP contribution in [0.5, 0.6) is 0 Å². The van der Waals surface area contributed by atoms with Crippen molar-refractivity contribution >= 4 is 0 Å². The molecule has 1 N–H and O–H groups in total. The molecular weight excluding hydrogens is 198 g/mol. The molecule has 2 saturated carbocycles. The Hall–Kier alpha value is -0.0800. The van der Waals surface area contributed by atoms with Crippen LogP contribution in [0.15, 0.2) is 0 Å². The van der Waals surface area contributed by atoms with Gasteiger partial charge in [0.2, 0.25) is 0 Å². The molecule has 0 aromatic rings. The fourth-order valence-corrected chi connectivity index (χ4v) is 3.07. The highest BCUT2D eigenvalue weighted by Gasteiger charge is 2.42. The smallest absolute Gasteiger partial charge is 0.0499 e. The maximum Gasteiger partial charge on any atom is 0.0499 e. The molecule has 0 unspecified atom stereocenters. The van der Waals surface area contributed by atoms with Crippen molar-refractivity contribution in [3.05, 3.63) is 0 Å². The Labute approximate surface area is 100 Å². The van der Waals surface area contributed by atoms with Gasteiger partial charge in [0.15, 0.2) is 0 Å². The molecule has 2 rings (SSSR count). The van der Waals surface area contributed by atoms with E-state index in [4.69, 9.17) is 0 Å². The first-order valence-electron chi connectivity index (χ1n) is 7.03. The van der Waals surface area contributed by atoms with E-state index in [-0.39, 0.29) is 0 Å². The lowest BCUT2D eigenvalue weighted by atomic mass is 9.87. The van der Waals surface area contributed by atoms with E-state index in [1.165, 1.54) is 57.9 Å². The molecule has 2 heteroatoms. The van der Waals surface area contributed by atoms with Gasteiger partial charge in [-0.2, -0.15) is 0 Å². The standard InChI is InChI=1S/C14H27NO/c1-15(11-14(12-16)8-9-14)10-7-13-5-3-2-4-6-13/h13,16H,2-12H2,1H3. The molecular formula is C14H27NO. The SMILES string of the molecule is CN(CCC1CCCCC1)CC1(CO)CC1. The fraction of sp³-hybridized carbons (Fsp3) is 1.00. The molecule has 0 amide bonds. The Morgan fingerprint density at radius 3 is 2.44 bits per heavy atom. The van der Waals surface area contributed by atoms with Gasteiger partial charge in [0.05, 0.1) is 0 Å². The first-order valence-corrected chi connectivity index (χ1v) is 7.03. The van der Waals surface area contributed by atoms with Gasteiger partial charge < -0.3 is 10.0 Å². The molecule has 16 heavy (non-hydrogen) atoms. The molecule has 0 heterocycles. The molecule has 0 aromatic heterocycles. The minimum atomic E-state index is 0.293. The van der Waals surface area contributed by atoms with Crippen molar-refractivity contribution < 1.29 is 5.11 Å². The predicted molar refractivity (Wildman–Crippen MR) is 67.4 cm³/mol. The molecule has 0 aromatic carbocycles. The van der Waals surface area contributed by atoms with Crippen molar-refractivity contribution in [2.45, 2.75) is 51.4 Å². The van der Waals surface area contributed by atoms with Gasteiger partial charge in [-0.15, -0.1) is 0 Å². The number of nitrogens with zero attached hydrogens (tertiary/aromatic N) is 1. The summed E-state index contributed by atoms with van der Waals surface area (Å²) in [6.45, 7) is 2.73. The average Bonchev–Trinajstić information content (AvgIpc) is 3.08. The van der Waals surface area contributed by atoms with Crippen LogP contribution in [-0.4, -0.2) is 36.8 Å². The van der Waals surface area contributed by atoms with Crippen molar-refractivity contribution in [2.75, 3.05) is 26.7 Å². The van der Waals surface area contributed by atoms with E-state index in [1.54, 1.807) is 0 Å². The Balaban J connectivity index is 1.61. The van der Waals surface area contributed by atoms with Gasteiger partial charge in [-0.05, 0) is 38.8 Å². The van der Waals surface area contributed by atoms with Crippen molar-refractivity contribution in [3.63, 3.8) is 0 Å². The Kier molecular flexibility index (Phi) is 4.26. The van der Waals surface area contributed by atoms with Gasteiger partial charge in [-0.1, -0.05) is 32.1 Å². The van der Waals surface area contributed by atoms with Crippen molar-refractivity contribution in [3.8, 4) is 0 Å². The van der Waals surface area contributed by atoms with Gasteiger partial charge in [-0.25, -0.2) is 0 Å². The zero-order valence-electron chi connectivity index (χ0n) is 10.7. The number of aliphatic hydroxyl groups excluding tert-OH is 1.